The molecule has 0 heterocycles. The Bertz CT molecular complexity index is 451. The first-order chi connectivity index (χ1) is 6.45. The van der Waals surface area contributed by atoms with E-state index >= 15 is 0 Å². The summed E-state index contributed by atoms with van der Waals surface area (Å²) in [6, 6.07) is 4.25. The average Bonchev–Trinajstić information content (AvgIpc) is 2.07. The maximum absolute atomic E-state index is 11.0. The molecule has 1 aromatic carbocycles. The fourth-order valence-electron chi connectivity index (χ4n) is 1.05. The zero-order valence-electron chi connectivity index (χ0n) is 7.27. The molecule has 76 valence electrons. The van der Waals surface area contributed by atoms with E-state index in [9.17, 15) is 13.5 Å². The van der Waals surface area contributed by atoms with Gasteiger partial charge in [-0.3, -0.25) is 0 Å². The quantitative estimate of drug-likeness (QED) is 0.641. The summed E-state index contributed by atoms with van der Waals surface area (Å²) in [5, 5.41) is 9.25. The van der Waals surface area contributed by atoms with Crippen LogP contribution in [0.5, 0.6) is 5.75 Å². The second-order valence-electron chi connectivity index (χ2n) is 2.73. The summed E-state index contributed by atoms with van der Waals surface area (Å²) in [7, 11) is 1.24. The Kier molecular flexibility index (Phi) is 3.18. The molecule has 1 aromatic rings. The number of benzene rings is 1. The van der Waals surface area contributed by atoms with Gasteiger partial charge in [0.25, 0.3) is 9.05 Å². The largest absolute Gasteiger partial charge is 0.507 e. The van der Waals surface area contributed by atoms with E-state index in [1.54, 1.807) is 12.1 Å². The Morgan fingerprint density at radius 1 is 1.50 bits per heavy atom. The molecule has 5 heteroatoms. The zero-order valence-corrected chi connectivity index (χ0v) is 8.85. The summed E-state index contributed by atoms with van der Waals surface area (Å²) in [6.45, 7) is 3.53. The molecule has 0 atom stereocenters. The van der Waals surface area contributed by atoms with Crippen LogP contribution in [-0.2, 0) is 15.5 Å². The minimum Gasteiger partial charge on any atom is -0.507 e. The van der Waals surface area contributed by atoms with E-state index in [2.05, 4.69) is 6.58 Å². The third kappa shape index (κ3) is 2.49. The van der Waals surface area contributed by atoms with Crippen LogP contribution in [0.1, 0.15) is 5.56 Å². The van der Waals surface area contributed by atoms with Gasteiger partial charge in [0.1, 0.15) is 10.6 Å². The predicted octanol–water partition coefficient (Wildman–Crippen LogP) is 2.05. The minimum atomic E-state index is -3.89. The number of hydrogen-bond acceptors (Lipinski definition) is 3. The Labute approximate surface area is 87.1 Å². The molecule has 0 fully saturated rings. The molecule has 1 rings (SSSR count). The van der Waals surface area contributed by atoms with Crippen molar-refractivity contribution in [2.45, 2.75) is 11.3 Å². The summed E-state index contributed by atoms with van der Waals surface area (Å²) >= 11 is 0. The van der Waals surface area contributed by atoms with E-state index in [1.807, 2.05) is 0 Å². The van der Waals surface area contributed by atoms with E-state index in [0.29, 0.717) is 6.42 Å². The number of aromatic hydroxyl groups is 1. The van der Waals surface area contributed by atoms with Gasteiger partial charge in [-0.1, -0.05) is 12.1 Å². The zero-order chi connectivity index (χ0) is 10.8. The Morgan fingerprint density at radius 3 is 2.64 bits per heavy atom. The van der Waals surface area contributed by atoms with Gasteiger partial charge in [-0.05, 0) is 24.1 Å². The van der Waals surface area contributed by atoms with E-state index in [-0.39, 0.29) is 10.6 Å². The van der Waals surface area contributed by atoms with Crippen molar-refractivity contribution in [2.24, 2.45) is 0 Å². The van der Waals surface area contributed by atoms with Gasteiger partial charge in [-0.2, -0.15) is 0 Å². The molecular weight excluding hydrogens is 224 g/mol. The molecule has 14 heavy (non-hydrogen) atoms. The van der Waals surface area contributed by atoms with Crippen LogP contribution in [0.4, 0.5) is 0 Å². The number of phenolic OH excluding ortho intramolecular Hbond substituents is 1. The van der Waals surface area contributed by atoms with Crippen molar-refractivity contribution in [3.8, 4) is 5.75 Å². The summed E-state index contributed by atoms with van der Waals surface area (Å²) in [6.07, 6.45) is 2.16. The summed E-state index contributed by atoms with van der Waals surface area (Å²) in [5.41, 5.74) is 0.733. The van der Waals surface area contributed by atoms with Crippen molar-refractivity contribution in [2.75, 3.05) is 0 Å². The number of hydrogen-bond donors (Lipinski definition) is 1. The van der Waals surface area contributed by atoms with Crippen LogP contribution in [0.2, 0.25) is 0 Å². The van der Waals surface area contributed by atoms with E-state index in [4.69, 9.17) is 10.7 Å². The molecule has 1 N–H and O–H groups in total. The molecule has 0 aromatic heterocycles. The second kappa shape index (κ2) is 4.02. The topological polar surface area (TPSA) is 54.4 Å². The molecule has 0 amide bonds. The third-order valence-corrected chi connectivity index (χ3v) is 3.02. The third-order valence-electron chi connectivity index (χ3n) is 1.67. The number of halogens is 1. The van der Waals surface area contributed by atoms with Crippen molar-refractivity contribution in [3.63, 3.8) is 0 Å². The van der Waals surface area contributed by atoms with Gasteiger partial charge in [0, 0.05) is 10.7 Å². The first-order valence-corrected chi connectivity index (χ1v) is 6.13. The van der Waals surface area contributed by atoms with Crippen molar-refractivity contribution in [1.29, 1.82) is 0 Å². The lowest BCUT2D eigenvalue weighted by atomic mass is 10.1. The van der Waals surface area contributed by atoms with E-state index in [1.165, 1.54) is 12.1 Å². The summed E-state index contributed by atoms with van der Waals surface area (Å²) < 4.78 is 22.0. The van der Waals surface area contributed by atoms with Gasteiger partial charge in [-0.15, -0.1) is 6.58 Å². The molecule has 0 unspecified atom stereocenters. The Morgan fingerprint density at radius 2 is 2.14 bits per heavy atom. The maximum Gasteiger partial charge on any atom is 0.264 e. The molecule has 0 radical (unpaired) electrons. The van der Waals surface area contributed by atoms with Crippen LogP contribution >= 0.6 is 10.7 Å². The molecule has 0 aliphatic rings. The fourth-order valence-corrected chi connectivity index (χ4v) is 2.03. The van der Waals surface area contributed by atoms with E-state index < -0.39 is 9.05 Å². The highest BCUT2D eigenvalue weighted by atomic mass is 35.7. The molecule has 3 nitrogen and oxygen atoms in total. The van der Waals surface area contributed by atoms with Crippen LogP contribution in [0, 0.1) is 0 Å². The van der Waals surface area contributed by atoms with E-state index in [0.717, 1.165) is 5.56 Å². The van der Waals surface area contributed by atoms with Crippen LogP contribution < -0.4 is 0 Å². The van der Waals surface area contributed by atoms with Gasteiger partial charge in [0.15, 0.2) is 0 Å². The SMILES string of the molecule is C=CCc1ccc(O)c(S(=O)(=O)Cl)c1. The van der Waals surface area contributed by atoms with Crippen LogP contribution in [-0.4, -0.2) is 13.5 Å². The Balaban J connectivity index is 3.29. The second-order valence-corrected chi connectivity index (χ2v) is 5.27. The average molecular weight is 233 g/mol. The fraction of sp³-hybridized carbons (Fsp3) is 0.111. The smallest absolute Gasteiger partial charge is 0.264 e. The minimum absolute atomic E-state index is 0.265. The lowest BCUT2D eigenvalue weighted by molar-refractivity contribution is 0.459. The highest BCUT2D eigenvalue weighted by Crippen LogP contribution is 2.26. The number of allylic oxidation sites excluding steroid dienone is 1. The number of phenols is 1. The highest BCUT2D eigenvalue weighted by Gasteiger charge is 2.15. The summed E-state index contributed by atoms with van der Waals surface area (Å²) in [4.78, 5) is -0.265. The van der Waals surface area contributed by atoms with Gasteiger partial charge in [-0.25, -0.2) is 8.42 Å². The molecular formula is C9H9ClO3S. The van der Waals surface area contributed by atoms with Crippen molar-refractivity contribution in [3.05, 3.63) is 36.4 Å². The lowest BCUT2D eigenvalue weighted by Gasteiger charge is -2.02. The molecule has 0 bridgehead atoms. The normalized spacial score (nSPS) is 11.2. The van der Waals surface area contributed by atoms with Crippen LogP contribution in [0.15, 0.2) is 35.7 Å². The summed E-state index contributed by atoms with van der Waals surface area (Å²) in [5.74, 6) is -0.340. The van der Waals surface area contributed by atoms with Crippen molar-refractivity contribution >= 4 is 19.7 Å². The highest BCUT2D eigenvalue weighted by molar-refractivity contribution is 8.13. The van der Waals surface area contributed by atoms with Gasteiger partial charge < -0.3 is 5.11 Å². The number of rotatable bonds is 3. The van der Waals surface area contributed by atoms with Gasteiger partial charge >= 0.3 is 0 Å². The Hall–Kier alpha value is -1.000. The standard InChI is InChI=1S/C9H9ClO3S/c1-2-3-7-4-5-8(11)9(6-7)14(10,12)13/h2,4-6,11H,1,3H2. The van der Waals surface area contributed by atoms with Crippen LogP contribution in [0.3, 0.4) is 0 Å². The lowest BCUT2D eigenvalue weighted by Crippen LogP contribution is -1.93. The molecule has 0 spiro atoms. The maximum atomic E-state index is 11.0. The monoisotopic (exact) mass is 232 g/mol. The van der Waals surface area contributed by atoms with Gasteiger partial charge in [0.05, 0.1) is 0 Å². The van der Waals surface area contributed by atoms with Crippen LogP contribution in [0.25, 0.3) is 0 Å². The first-order valence-electron chi connectivity index (χ1n) is 3.82. The first kappa shape index (κ1) is 11.1. The van der Waals surface area contributed by atoms with Gasteiger partial charge in [0.2, 0.25) is 0 Å². The van der Waals surface area contributed by atoms with Crippen molar-refractivity contribution < 1.29 is 13.5 Å². The van der Waals surface area contributed by atoms with Crippen molar-refractivity contribution in [1.82, 2.24) is 0 Å². The molecule has 0 saturated heterocycles. The predicted molar refractivity (Wildman–Crippen MR) is 55.0 cm³/mol. The molecule has 0 aliphatic carbocycles. The molecule has 0 saturated carbocycles. The molecule has 0 aliphatic heterocycles.